The highest BCUT2D eigenvalue weighted by atomic mass is 16.5. The van der Waals surface area contributed by atoms with Gasteiger partial charge >= 0.3 is 6.03 Å². The predicted molar refractivity (Wildman–Crippen MR) is 90.4 cm³/mol. The number of rotatable bonds is 6. The number of amides is 2. The fourth-order valence-corrected chi connectivity index (χ4v) is 2.98. The SMILES string of the molecule is Cc1cc(C)cc(NC(=O)NCCCOC2CCCCC2)c1. The summed E-state index contributed by atoms with van der Waals surface area (Å²) in [6, 6.07) is 5.88. The lowest BCUT2D eigenvalue weighted by molar-refractivity contribution is 0.0276. The van der Waals surface area contributed by atoms with Crippen molar-refractivity contribution in [2.24, 2.45) is 0 Å². The van der Waals surface area contributed by atoms with Crippen molar-refractivity contribution in [2.75, 3.05) is 18.5 Å². The second-order valence-corrected chi connectivity index (χ2v) is 6.24. The second-order valence-electron chi connectivity index (χ2n) is 6.24. The van der Waals surface area contributed by atoms with Crippen molar-refractivity contribution in [3.8, 4) is 0 Å². The first-order chi connectivity index (χ1) is 10.6. The molecule has 1 fully saturated rings. The third-order valence-electron chi connectivity index (χ3n) is 3.99. The molecule has 0 aliphatic heterocycles. The van der Waals surface area contributed by atoms with Crippen molar-refractivity contribution in [1.82, 2.24) is 5.32 Å². The molecule has 1 aromatic carbocycles. The molecule has 1 aliphatic rings. The van der Waals surface area contributed by atoms with E-state index in [2.05, 4.69) is 16.7 Å². The summed E-state index contributed by atoms with van der Waals surface area (Å²) in [5, 5.41) is 5.75. The number of hydrogen-bond donors (Lipinski definition) is 2. The molecule has 0 radical (unpaired) electrons. The molecule has 0 aromatic heterocycles. The Balaban J connectivity index is 1.59. The van der Waals surface area contributed by atoms with E-state index in [1.54, 1.807) is 0 Å². The maximum Gasteiger partial charge on any atom is 0.319 e. The van der Waals surface area contributed by atoms with Crippen LogP contribution in [-0.2, 0) is 4.74 Å². The van der Waals surface area contributed by atoms with Crippen molar-refractivity contribution in [2.45, 2.75) is 58.5 Å². The number of carbonyl (C=O) groups excluding carboxylic acids is 1. The van der Waals surface area contributed by atoms with Gasteiger partial charge in [-0.1, -0.05) is 25.3 Å². The maximum atomic E-state index is 11.8. The van der Waals surface area contributed by atoms with Gasteiger partial charge in [0.15, 0.2) is 0 Å². The molecule has 2 rings (SSSR count). The minimum Gasteiger partial charge on any atom is -0.378 e. The van der Waals surface area contributed by atoms with Gasteiger partial charge in [0.25, 0.3) is 0 Å². The number of urea groups is 1. The van der Waals surface area contributed by atoms with Gasteiger partial charge in [0.05, 0.1) is 6.10 Å². The lowest BCUT2D eigenvalue weighted by atomic mass is 9.98. The number of hydrogen-bond acceptors (Lipinski definition) is 2. The molecule has 22 heavy (non-hydrogen) atoms. The third kappa shape index (κ3) is 6.06. The summed E-state index contributed by atoms with van der Waals surface area (Å²) < 4.78 is 5.84. The van der Waals surface area contributed by atoms with Crippen LogP contribution in [0.3, 0.4) is 0 Å². The van der Waals surface area contributed by atoms with Crippen molar-refractivity contribution >= 4 is 11.7 Å². The number of nitrogens with one attached hydrogen (secondary N) is 2. The van der Waals surface area contributed by atoms with Crippen LogP contribution in [-0.4, -0.2) is 25.3 Å². The topological polar surface area (TPSA) is 50.4 Å². The first-order valence-electron chi connectivity index (χ1n) is 8.38. The molecule has 4 heteroatoms. The quantitative estimate of drug-likeness (QED) is 0.775. The van der Waals surface area contributed by atoms with Crippen LogP contribution < -0.4 is 10.6 Å². The summed E-state index contributed by atoms with van der Waals surface area (Å²) in [5.74, 6) is 0. The number of aryl methyl sites for hydroxylation is 2. The molecular formula is C18H28N2O2. The largest absolute Gasteiger partial charge is 0.378 e. The van der Waals surface area contributed by atoms with Crippen molar-refractivity contribution < 1.29 is 9.53 Å². The van der Waals surface area contributed by atoms with Crippen LogP contribution in [0.25, 0.3) is 0 Å². The molecule has 0 heterocycles. The standard InChI is InChI=1S/C18H28N2O2/c1-14-11-15(2)13-16(12-14)20-18(21)19-9-6-10-22-17-7-4-3-5-8-17/h11-13,17H,3-10H2,1-2H3,(H2,19,20,21). The van der Waals surface area contributed by atoms with E-state index in [0.29, 0.717) is 12.6 Å². The molecule has 1 aliphatic carbocycles. The van der Waals surface area contributed by atoms with Gasteiger partial charge in [-0.3, -0.25) is 0 Å². The summed E-state index contributed by atoms with van der Waals surface area (Å²) in [4.78, 5) is 11.8. The lowest BCUT2D eigenvalue weighted by Gasteiger charge is -2.21. The van der Waals surface area contributed by atoms with E-state index in [4.69, 9.17) is 4.74 Å². The lowest BCUT2D eigenvalue weighted by Crippen LogP contribution is -2.30. The average molecular weight is 304 g/mol. The number of anilines is 1. The van der Waals surface area contributed by atoms with Crippen LogP contribution in [0.1, 0.15) is 49.7 Å². The van der Waals surface area contributed by atoms with Crippen LogP contribution in [0.5, 0.6) is 0 Å². The Kier molecular flexibility index (Phi) is 6.72. The van der Waals surface area contributed by atoms with Crippen molar-refractivity contribution in [3.63, 3.8) is 0 Å². The maximum absolute atomic E-state index is 11.8. The summed E-state index contributed by atoms with van der Waals surface area (Å²) in [5.41, 5.74) is 3.14. The summed E-state index contributed by atoms with van der Waals surface area (Å²) in [6.07, 6.45) is 7.62. The molecule has 1 aromatic rings. The zero-order chi connectivity index (χ0) is 15.8. The van der Waals surface area contributed by atoms with Gasteiger partial charge in [0.1, 0.15) is 0 Å². The van der Waals surface area contributed by atoms with E-state index < -0.39 is 0 Å². The number of benzene rings is 1. The van der Waals surface area contributed by atoms with E-state index in [0.717, 1.165) is 29.8 Å². The van der Waals surface area contributed by atoms with Gasteiger partial charge in [0.2, 0.25) is 0 Å². The molecule has 122 valence electrons. The summed E-state index contributed by atoms with van der Waals surface area (Å²) >= 11 is 0. The Morgan fingerprint density at radius 1 is 1.14 bits per heavy atom. The van der Waals surface area contributed by atoms with Gasteiger partial charge in [-0.15, -0.1) is 0 Å². The van der Waals surface area contributed by atoms with Crippen LogP contribution in [0.4, 0.5) is 10.5 Å². The van der Waals surface area contributed by atoms with E-state index >= 15 is 0 Å². The third-order valence-corrected chi connectivity index (χ3v) is 3.99. The molecule has 2 amide bonds. The highest BCUT2D eigenvalue weighted by molar-refractivity contribution is 5.89. The monoisotopic (exact) mass is 304 g/mol. The molecular weight excluding hydrogens is 276 g/mol. The molecule has 2 N–H and O–H groups in total. The van der Waals surface area contributed by atoms with Gasteiger partial charge in [-0.05, 0) is 56.4 Å². The van der Waals surface area contributed by atoms with Crippen molar-refractivity contribution in [3.05, 3.63) is 29.3 Å². The average Bonchev–Trinajstić information content (AvgIpc) is 2.47. The molecule has 0 unspecified atom stereocenters. The highest BCUT2D eigenvalue weighted by Crippen LogP contribution is 2.20. The Morgan fingerprint density at radius 3 is 2.50 bits per heavy atom. The first kappa shape index (κ1) is 16.8. The minimum absolute atomic E-state index is 0.150. The fraction of sp³-hybridized carbons (Fsp3) is 0.611. The van der Waals surface area contributed by atoms with E-state index in [9.17, 15) is 4.79 Å². The zero-order valence-electron chi connectivity index (χ0n) is 13.8. The van der Waals surface area contributed by atoms with Crippen molar-refractivity contribution in [1.29, 1.82) is 0 Å². The second kappa shape index (κ2) is 8.79. The molecule has 0 bridgehead atoms. The molecule has 0 saturated heterocycles. The molecule has 0 spiro atoms. The van der Waals surface area contributed by atoms with E-state index in [-0.39, 0.29) is 6.03 Å². The minimum atomic E-state index is -0.150. The summed E-state index contributed by atoms with van der Waals surface area (Å²) in [7, 11) is 0. The van der Waals surface area contributed by atoms with Gasteiger partial charge in [-0.2, -0.15) is 0 Å². The van der Waals surface area contributed by atoms with Crippen LogP contribution in [0.2, 0.25) is 0 Å². The van der Waals surface area contributed by atoms with E-state index in [1.165, 1.54) is 32.1 Å². The normalized spacial score (nSPS) is 15.5. The van der Waals surface area contributed by atoms with Gasteiger partial charge in [0, 0.05) is 18.8 Å². The first-order valence-corrected chi connectivity index (χ1v) is 8.38. The summed E-state index contributed by atoms with van der Waals surface area (Å²) in [6.45, 7) is 5.43. The highest BCUT2D eigenvalue weighted by Gasteiger charge is 2.13. The molecule has 1 saturated carbocycles. The van der Waals surface area contributed by atoms with Gasteiger partial charge < -0.3 is 15.4 Å². The van der Waals surface area contributed by atoms with Crippen LogP contribution in [0.15, 0.2) is 18.2 Å². The van der Waals surface area contributed by atoms with E-state index in [1.807, 2.05) is 26.0 Å². The Bertz CT molecular complexity index is 462. The smallest absolute Gasteiger partial charge is 0.319 e. The fourth-order valence-electron chi connectivity index (χ4n) is 2.98. The van der Waals surface area contributed by atoms with Crippen LogP contribution in [0, 0.1) is 13.8 Å². The van der Waals surface area contributed by atoms with Crippen LogP contribution >= 0.6 is 0 Å². The van der Waals surface area contributed by atoms with Gasteiger partial charge in [-0.25, -0.2) is 4.79 Å². The Hall–Kier alpha value is -1.55. The number of carbonyl (C=O) groups is 1. The Morgan fingerprint density at radius 2 is 1.82 bits per heavy atom. The Labute approximate surface area is 133 Å². The predicted octanol–water partition coefficient (Wildman–Crippen LogP) is 4.16. The molecule has 4 nitrogen and oxygen atoms in total. The zero-order valence-corrected chi connectivity index (χ0v) is 13.8. The molecule has 0 atom stereocenters. The number of ether oxygens (including phenoxy) is 1.